The summed E-state index contributed by atoms with van der Waals surface area (Å²) in [4.78, 5) is 56.2. The molecule has 0 fully saturated rings. The fourth-order valence-corrected chi connectivity index (χ4v) is 3.22. The van der Waals surface area contributed by atoms with E-state index in [2.05, 4.69) is 14.7 Å². The second-order valence-electron chi connectivity index (χ2n) is 7.12. The van der Waals surface area contributed by atoms with Crippen molar-refractivity contribution in [1.29, 1.82) is 0 Å². The first-order valence-electron chi connectivity index (χ1n) is 9.42. The van der Waals surface area contributed by atoms with Crippen LogP contribution in [0, 0.1) is 0 Å². The number of benzene rings is 2. The number of carboxylic acids is 2. The molecule has 176 valence electrons. The highest BCUT2D eigenvalue weighted by Gasteiger charge is 2.28. The number of fused-ring (bicyclic) bond motifs is 2. The molecule has 13 heteroatoms. The lowest BCUT2D eigenvalue weighted by Gasteiger charge is -2.10. The number of aromatic nitrogens is 2. The predicted octanol–water partition coefficient (Wildman–Crippen LogP) is 2.00. The monoisotopic (exact) mass is 480 g/mol. The molecule has 0 aliphatic heterocycles. The largest absolute Gasteiger partial charge is 0.504 e. The molecule has 0 amide bonds. The molecular formula is C22H12N2O11. The molecule has 4 aromatic rings. The second-order valence-corrected chi connectivity index (χ2v) is 7.12. The number of esters is 2. The number of carbonyl (C=O) groups excluding carboxylic acids is 2. The molecule has 2 aromatic carbocycles. The Morgan fingerprint density at radius 1 is 0.571 bits per heavy atom. The number of nitrogens with zero attached hydrogens (tertiary/aromatic N) is 2. The van der Waals surface area contributed by atoms with Gasteiger partial charge in [-0.3, -0.25) is 0 Å². The maximum atomic E-state index is 12.7. The van der Waals surface area contributed by atoms with E-state index in [1.54, 1.807) is 0 Å². The van der Waals surface area contributed by atoms with Gasteiger partial charge < -0.3 is 35.4 Å². The predicted molar refractivity (Wildman–Crippen MR) is 114 cm³/mol. The van der Waals surface area contributed by atoms with Crippen LogP contribution in [0.3, 0.4) is 0 Å². The number of carboxylic acid groups (broad SMARTS) is 2. The number of ether oxygens (including phenoxy) is 1. The molecule has 2 aromatic heterocycles. The van der Waals surface area contributed by atoms with Crippen LogP contribution in [0.25, 0.3) is 21.8 Å². The molecule has 0 atom stereocenters. The number of aromatic carboxylic acids is 2. The van der Waals surface area contributed by atoms with Crippen molar-refractivity contribution in [2.75, 3.05) is 0 Å². The molecule has 0 radical (unpaired) electrons. The molecule has 0 unspecified atom stereocenters. The third-order valence-electron chi connectivity index (χ3n) is 4.86. The zero-order valence-electron chi connectivity index (χ0n) is 17.1. The molecule has 0 saturated carbocycles. The molecule has 4 rings (SSSR count). The van der Waals surface area contributed by atoms with E-state index in [0.717, 1.165) is 36.4 Å². The average Bonchev–Trinajstić information content (AvgIpc) is 2.78. The summed E-state index contributed by atoms with van der Waals surface area (Å²) in [5, 5.41) is 57.5. The highest BCUT2D eigenvalue weighted by atomic mass is 16.6. The van der Waals surface area contributed by atoms with E-state index >= 15 is 0 Å². The SMILES string of the molecule is O=C(O)c1cc2cc(O)c(O)cc2nc1C(=O)OC(=O)c1nc2cc(O)c(O)cc2cc1C(=O)O. The second kappa shape index (κ2) is 8.15. The lowest BCUT2D eigenvalue weighted by molar-refractivity contribution is 0.0378. The van der Waals surface area contributed by atoms with Gasteiger partial charge in [-0.1, -0.05) is 0 Å². The number of phenolic OH excluding ortho intramolecular Hbond substituents is 4. The van der Waals surface area contributed by atoms with Crippen molar-refractivity contribution in [2.24, 2.45) is 0 Å². The van der Waals surface area contributed by atoms with Gasteiger partial charge in [0.25, 0.3) is 0 Å². The number of hydrogen-bond acceptors (Lipinski definition) is 11. The summed E-state index contributed by atoms with van der Waals surface area (Å²) >= 11 is 0. The average molecular weight is 480 g/mol. The van der Waals surface area contributed by atoms with Crippen molar-refractivity contribution in [2.45, 2.75) is 0 Å². The number of hydrogen-bond donors (Lipinski definition) is 6. The lowest BCUT2D eigenvalue weighted by atomic mass is 10.1. The van der Waals surface area contributed by atoms with Crippen molar-refractivity contribution >= 4 is 45.7 Å². The first-order chi connectivity index (χ1) is 16.5. The van der Waals surface area contributed by atoms with Gasteiger partial charge in [0.2, 0.25) is 0 Å². The van der Waals surface area contributed by atoms with Crippen LogP contribution in [0.4, 0.5) is 0 Å². The van der Waals surface area contributed by atoms with Crippen LogP contribution in [0.1, 0.15) is 41.7 Å². The smallest absolute Gasteiger partial charge is 0.365 e. The Kier molecular flexibility index (Phi) is 5.29. The van der Waals surface area contributed by atoms with Gasteiger partial charge in [-0.15, -0.1) is 0 Å². The van der Waals surface area contributed by atoms with Crippen molar-refractivity contribution in [3.05, 3.63) is 58.9 Å². The maximum Gasteiger partial charge on any atom is 0.365 e. The summed E-state index contributed by atoms with van der Waals surface area (Å²) in [6.45, 7) is 0. The minimum absolute atomic E-state index is 0.0491. The van der Waals surface area contributed by atoms with Crippen LogP contribution in [0.5, 0.6) is 23.0 Å². The van der Waals surface area contributed by atoms with Crippen molar-refractivity contribution < 1.29 is 54.6 Å². The highest BCUT2D eigenvalue weighted by Crippen LogP contribution is 2.32. The van der Waals surface area contributed by atoms with E-state index < -0.39 is 69.4 Å². The van der Waals surface area contributed by atoms with Gasteiger partial charge in [0.15, 0.2) is 34.4 Å². The Labute approximate surface area is 192 Å². The molecule has 0 bridgehead atoms. The fraction of sp³-hybridized carbons (Fsp3) is 0. The standard InChI is InChI=1S/C22H12N2O11/c25-13-3-7-1-9(19(29)30)17(23-11(7)5-15(13)27)21(33)35-22(34)18-10(20(31)32)2-8-4-14(26)16(28)6-12(8)24-18/h1-6,25-28H,(H,29,30)(H,31,32). The van der Waals surface area contributed by atoms with E-state index in [4.69, 9.17) is 0 Å². The van der Waals surface area contributed by atoms with E-state index in [-0.39, 0.29) is 21.8 Å². The number of aromatic hydroxyl groups is 4. The number of pyridine rings is 2. The Morgan fingerprint density at radius 3 is 1.26 bits per heavy atom. The molecule has 0 saturated heterocycles. The van der Waals surface area contributed by atoms with Gasteiger partial charge >= 0.3 is 23.9 Å². The minimum atomic E-state index is -1.63. The Balaban J connectivity index is 1.78. The lowest BCUT2D eigenvalue weighted by Crippen LogP contribution is -2.21. The van der Waals surface area contributed by atoms with Gasteiger partial charge in [-0.25, -0.2) is 29.1 Å². The fourth-order valence-electron chi connectivity index (χ4n) is 3.22. The molecule has 13 nitrogen and oxygen atoms in total. The third-order valence-corrected chi connectivity index (χ3v) is 4.86. The first-order valence-corrected chi connectivity index (χ1v) is 9.42. The van der Waals surface area contributed by atoms with Crippen molar-refractivity contribution in [3.8, 4) is 23.0 Å². The molecule has 0 spiro atoms. The topological polar surface area (TPSA) is 225 Å². The summed E-state index contributed by atoms with van der Waals surface area (Å²) in [5.41, 5.74) is -3.33. The van der Waals surface area contributed by atoms with Crippen LogP contribution in [0.2, 0.25) is 0 Å². The van der Waals surface area contributed by atoms with Crippen LogP contribution in [0.15, 0.2) is 36.4 Å². The molecule has 0 aliphatic carbocycles. The van der Waals surface area contributed by atoms with Crippen LogP contribution in [-0.2, 0) is 4.74 Å². The molecular weight excluding hydrogens is 468 g/mol. The molecule has 35 heavy (non-hydrogen) atoms. The van der Waals surface area contributed by atoms with Gasteiger partial charge in [-0.05, 0) is 24.3 Å². The van der Waals surface area contributed by atoms with Gasteiger partial charge in [0, 0.05) is 22.9 Å². The zero-order chi connectivity index (χ0) is 25.6. The zero-order valence-corrected chi connectivity index (χ0v) is 17.1. The Hall–Kier alpha value is -5.46. The van der Waals surface area contributed by atoms with Crippen LogP contribution in [-0.4, -0.2) is 64.5 Å². The summed E-state index contributed by atoms with van der Waals surface area (Å²) in [6, 6.07) is 5.83. The minimum Gasteiger partial charge on any atom is -0.504 e. The summed E-state index contributed by atoms with van der Waals surface area (Å²) < 4.78 is 4.66. The van der Waals surface area contributed by atoms with E-state index in [0.29, 0.717) is 0 Å². The van der Waals surface area contributed by atoms with E-state index in [1.807, 2.05) is 0 Å². The summed E-state index contributed by atoms with van der Waals surface area (Å²) in [7, 11) is 0. The van der Waals surface area contributed by atoms with E-state index in [1.165, 1.54) is 0 Å². The molecule has 6 N–H and O–H groups in total. The highest BCUT2D eigenvalue weighted by molar-refractivity contribution is 6.11. The molecule has 0 aliphatic rings. The number of rotatable bonds is 4. The Morgan fingerprint density at radius 2 is 0.914 bits per heavy atom. The van der Waals surface area contributed by atoms with E-state index in [9.17, 15) is 49.8 Å². The summed E-state index contributed by atoms with van der Waals surface area (Å²) in [5.74, 6) is -8.72. The number of carbonyl (C=O) groups is 4. The third kappa shape index (κ3) is 4.04. The van der Waals surface area contributed by atoms with Crippen molar-refractivity contribution in [3.63, 3.8) is 0 Å². The maximum absolute atomic E-state index is 12.7. The van der Waals surface area contributed by atoms with Gasteiger partial charge in [0.05, 0.1) is 22.2 Å². The summed E-state index contributed by atoms with van der Waals surface area (Å²) in [6.07, 6.45) is 0. The Bertz CT molecular complexity index is 1490. The normalized spacial score (nSPS) is 10.9. The molecule has 2 heterocycles. The quantitative estimate of drug-likeness (QED) is 0.140. The first kappa shape index (κ1) is 22.7. The van der Waals surface area contributed by atoms with Gasteiger partial charge in [0.1, 0.15) is 0 Å². The number of phenols is 4. The van der Waals surface area contributed by atoms with Crippen LogP contribution >= 0.6 is 0 Å². The van der Waals surface area contributed by atoms with Crippen molar-refractivity contribution in [1.82, 2.24) is 9.97 Å². The van der Waals surface area contributed by atoms with Gasteiger partial charge in [-0.2, -0.15) is 0 Å². The van der Waals surface area contributed by atoms with Crippen LogP contribution < -0.4 is 0 Å².